The molecule has 0 aliphatic heterocycles. The molecule has 0 radical (unpaired) electrons. The molecule has 0 aromatic heterocycles. The Morgan fingerprint density at radius 1 is 1.11 bits per heavy atom. The number of sulfone groups is 1. The molecule has 0 aliphatic rings. The molecule has 0 N–H and O–H groups in total. The lowest BCUT2D eigenvalue weighted by Crippen LogP contribution is -2.27. The first kappa shape index (κ1) is 14.9. The molecule has 0 saturated heterocycles. The largest absolute Gasteiger partial charge is 0.294 e. The van der Waals surface area contributed by atoms with Gasteiger partial charge in [0.2, 0.25) is 0 Å². The van der Waals surface area contributed by atoms with Crippen molar-refractivity contribution in [3.8, 4) is 0 Å². The van der Waals surface area contributed by atoms with Crippen molar-refractivity contribution in [2.24, 2.45) is 5.92 Å². The van der Waals surface area contributed by atoms with Crippen molar-refractivity contribution in [3.63, 3.8) is 0 Å². The molecule has 1 unspecified atom stereocenters. The predicted octanol–water partition coefficient (Wildman–Crippen LogP) is 2.72. The molecule has 18 heavy (non-hydrogen) atoms. The molecule has 4 heteroatoms. The van der Waals surface area contributed by atoms with Gasteiger partial charge in [-0.05, 0) is 12.8 Å². The SMILES string of the molecule is CC(C)C(C)S(=O)(=O)CCC(=O)c1ccccc1. The molecule has 0 bridgehead atoms. The quantitative estimate of drug-likeness (QED) is 0.745. The minimum atomic E-state index is -3.18. The lowest BCUT2D eigenvalue weighted by Gasteiger charge is -2.15. The predicted molar refractivity (Wildman–Crippen MR) is 73.5 cm³/mol. The number of hydrogen-bond acceptors (Lipinski definition) is 3. The zero-order valence-electron chi connectivity index (χ0n) is 11.1. The van der Waals surface area contributed by atoms with E-state index in [2.05, 4.69) is 0 Å². The first-order valence-electron chi connectivity index (χ1n) is 6.14. The van der Waals surface area contributed by atoms with Gasteiger partial charge in [0.05, 0.1) is 11.0 Å². The Morgan fingerprint density at radius 3 is 2.17 bits per heavy atom. The highest BCUT2D eigenvalue weighted by Crippen LogP contribution is 2.14. The third kappa shape index (κ3) is 3.95. The van der Waals surface area contributed by atoms with Crippen LogP contribution in [0.1, 0.15) is 37.6 Å². The monoisotopic (exact) mass is 268 g/mol. The summed E-state index contributed by atoms with van der Waals surface area (Å²) in [5, 5.41) is -0.402. The van der Waals surface area contributed by atoms with E-state index in [1.54, 1.807) is 31.2 Å². The van der Waals surface area contributed by atoms with Crippen LogP contribution in [0.4, 0.5) is 0 Å². The summed E-state index contributed by atoms with van der Waals surface area (Å²) < 4.78 is 23.9. The number of carbonyl (C=O) groups excluding carboxylic acids is 1. The van der Waals surface area contributed by atoms with Gasteiger partial charge in [-0.1, -0.05) is 44.2 Å². The molecular formula is C14H20O3S. The summed E-state index contributed by atoms with van der Waals surface area (Å²) in [4.78, 5) is 11.8. The Labute approximate surface area is 109 Å². The molecule has 0 saturated carbocycles. The summed E-state index contributed by atoms with van der Waals surface area (Å²) in [6.45, 7) is 5.45. The molecule has 0 amide bonds. The van der Waals surface area contributed by atoms with Crippen LogP contribution in [0.15, 0.2) is 30.3 Å². The van der Waals surface area contributed by atoms with Crippen molar-refractivity contribution in [3.05, 3.63) is 35.9 Å². The molecule has 1 atom stereocenters. The molecule has 100 valence electrons. The Bertz CT molecular complexity index is 489. The average molecular weight is 268 g/mol. The minimum Gasteiger partial charge on any atom is -0.294 e. The van der Waals surface area contributed by atoms with Gasteiger partial charge in [-0.25, -0.2) is 8.42 Å². The number of ketones is 1. The van der Waals surface area contributed by atoms with Crippen LogP contribution in [0.3, 0.4) is 0 Å². The van der Waals surface area contributed by atoms with E-state index in [9.17, 15) is 13.2 Å². The van der Waals surface area contributed by atoms with Gasteiger partial charge in [-0.2, -0.15) is 0 Å². The molecule has 1 aromatic rings. The van der Waals surface area contributed by atoms with Crippen LogP contribution in [0.2, 0.25) is 0 Å². The second-order valence-corrected chi connectivity index (χ2v) is 7.33. The zero-order valence-corrected chi connectivity index (χ0v) is 11.9. The van der Waals surface area contributed by atoms with Gasteiger partial charge in [0.1, 0.15) is 0 Å². The highest BCUT2D eigenvalue weighted by molar-refractivity contribution is 7.92. The van der Waals surface area contributed by atoms with E-state index in [0.717, 1.165) is 0 Å². The highest BCUT2D eigenvalue weighted by atomic mass is 32.2. The van der Waals surface area contributed by atoms with Gasteiger partial charge < -0.3 is 0 Å². The maximum atomic E-state index is 12.0. The number of carbonyl (C=O) groups is 1. The third-order valence-corrected chi connectivity index (χ3v) is 5.67. The first-order valence-corrected chi connectivity index (χ1v) is 7.86. The molecule has 1 aromatic carbocycles. The van der Waals surface area contributed by atoms with Crippen molar-refractivity contribution < 1.29 is 13.2 Å². The van der Waals surface area contributed by atoms with Crippen LogP contribution in [-0.4, -0.2) is 25.2 Å². The molecule has 0 aliphatic carbocycles. The summed E-state index contributed by atoms with van der Waals surface area (Å²) in [5.74, 6) is -0.114. The van der Waals surface area contributed by atoms with E-state index in [0.29, 0.717) is 5.56 Å². The van der Waals surface area contributed by atoms with E-state index < -0.39 is 15.1 Å². The molecule has 0 fully saturated rings. The molecule has 1 rings (SSSR count). The topological polar surface area (TPSA) is 51.2 Å². The van der Waals surface area contributed by atoms with E-state index in [1.807, 2.05) is 19.9 Å². The molecular weight excluding hydrogens is 248 g/mol. The van der Waals surface area contributed by atoms with Gasteiger partial charge in [0.25, 0.3) is 0 Å². The maximum absolute atomic E-state index is 12.0. The Kier molecular flexibility index (Phi) is 5.08. The fraction of sp³-hybridized carbons (Fsp3) is 0.500. The summed E-state index contributed by atoms with van der Waals surface area (Å²) in [5.41, 5.74) is 0.574. The number of Topliss-reactive ketones (excluding diaryl/α,β-unsaturated/α-hetero) is 1. The van der Waals surface area contributed by atoms with Crippen molar-refractivity contribution in [1.82, 2.24) is 0 Å². The first-order chi connectivity index (χ1) is 8.34. The van der Waals surface area contributed by atoms with Crippen molar-refractivity contribution >= 4 is 15.6 Å². The van der Waals surface area contributed by atoms with Crippen LogP contribution in [0, 0.1) is 5.92 Å². The van der Waals surface area contributed by atoms with E-state index >= 15 is 0 Å². The zero-order chi connectivity index (χ0) is 13.8. The number of hydrogen-bond donors (Lipinski definition) is 0. The normalized spacial score (nSPS) is 13.6. The van der Waals surface area contributed by atoms with Crippen LogP contribution in [0.25, 0.3) is 0 Å². The maximum Gasteiger partial charge on any atom is 0.163 e. The van der Waals surface area contributed by atoms with E-state index in [4.69, 9.17) is 0 Å². The number of rotatable bonds is 6. The van der Waals surface area contributed by atoms with Gasteiger partial charge >= 0.3 is 0 Å². The number of benzene rings is 1. The van der Waals surface area contributed by atoms with Gasteiger partial charge in [-0.15, -0.1) is 0 Å². The smallest absolute Gasteiger partial charge is 0.163 e. The fourth-order valence-corrected chi connectivity index (χ4v) is 3.27. The van der Waals surface area contributed by atoms with Crippen molar-refractivity contribution in [2.45, 2.75) is 32.4 Å². The minimum absolute atomic E-state index is 0.0589. The standard InChI is InChI=1S/C14H20O3S/c1-11(2)12(3)18(16,17)10-9-14(15)13-7-5-4-6-8-13/h4-8,11-12H,9-10H2,1-3H3. The summed E-state index contributed by atoms with van der Waals surface area (Å²) in [6, 6.07) is 8.80. The molecule has 0 heterocycles. The fourth-order valence-electron chi connectivity index (χ4n) is 1.60. The van der Waals surface area contributed by atoms with Crippen LogP contribution < -0.4 is 0 Å². The van der Waals surface area contributed by atoms with E-state index in [-0.39, 0.29) is 23.9 Å². The lowest BCUT2D eigenvalue weighted by atomic mass is 10.1. The van der Waals surface area contributed by atoms with Crippen molar-refractivity contribution in [2.75, 3.05) is 5.75 Å². The Morgan fingerprint density at radius 2 is 1.67 bits per heavy atom. The van der Waals surface area contributed by atoms with Crippen LogP contribution in [0.5, 0.6) is 0 Å². The molecule has 3 nitrogen and oxygen atoms in total. The van der Waals surface area contributed by atoms with Crippen molar-refractivity contribution in [1.29, 1.82) is 0 Å². The summed E-state index contributed by atoms with van der Waals surface area (Å²) >= 11 is 0. The summed E-state index contributed by atoms with van der Waals surface area (Å²) in [6.07, 6.45) is 0.0589. The second-order valence-electron chi connectivity index (χ2n) is 4.86. The second kappa shape index (κ2) is 6.14. The van der Waals surface area contributed by atoms with Crippen LogP contribution in [-0.2, 0) is 9.84 Å². The Hall–Kier alpha value is -1.16. The van der Waals surface area contributed by atoms with Gasteiger partial charge in [-0.3, -0.25) is 4.79 Å². The summed E-state index contributed by atoms with van der Waals surface area (Å²) in [7, 11) is -3.18. The highest BCUT2D eigenvalue weighted by Gasteiger charge is 2.24. The molecule has 0 spiro atoms. The Balaban J connectivity index is 2.64. The van der Waals surface area contributed by atoms with Crippen LogP contribution >= 0.6 is 0 Å². The van der Waals surface area contributed by atoms with Gasteiger partial charge in [0.15, 0.2) is 15.6 Å². The average Bonchev–Trinajstić information content (AvgIpc) is 2.36. The van der Waals surface area contributed by atoms with E-state index in [1.165, 1.54) is 0 Å². The lowest BCUT2D eigenvalue weighted by molar-refractivity contribution is 0.0988. The third-order valence-electron chi connectivity index (χ3n) is 3.21. The van der Waals surface area contributed by atoms with Gasteiger partial charge in [0, 0.05) is 12.0 Å².